The Bertz CT molecular complexity index is 20.4. The first-order chi connectivity index (χ1) is 1.91. The standard InChI is InChI=1S/C4H10.5ClH.H2S.Ta/c1-3-4-2;;;;;;;/h3-4H2,1-2H3;5*1H;1H2;. The van der Waals surface area contributed by atoms with E-state index in [1.54, 1.807) is 0 Å². The Morgan fingerprint density at radius 1 is 0.636 bits per heavy atom. The Balaban J connectivity index is -0.00000000214. The van der Waals surface area contributed by atoms with Crippen LogP contribution in [0.4, 0.5) is 0 Å². The van der Waals surface area contributed by atoms with Crippen molar-refractivity contribution in [1.82, 2.24) is 0 Å². The second-order valence-electron chi connectivity index (χ2n) is 1.000. The molecule has 0 heterocycles. The number of halogens is 5. The summed E-state index contributed by atoms with van der Waals surface area (Å²) in [4.78, 5) is 0. The summed E-state index contributed by atoms with van der Waals surface area (Å²) in [5.74, 6) is 0. The summed E-state index contributed by atoms with van der Waals surface area (Å²) in [6.07, 6.45) is 2.64. The molecule has 0 aromatic rings. The molecule has 0 bridgehead atoms. The van der Waals surface area contributed by atoms with E-state index in [0.717, 1.165) is 0 Å². The summed E-state index contributed by atoms with van der Waals surface area (Å²) < 4.78 is 0. The number of hydrogen-bond donors (Lipinski definition) is 0. The van der Waals surface area contributed by atoms with Gasteiger partial charge in [-0.1, -0.05) is 26.7 Å². The molecule has 1 radical (unpaired) electrons. The van der Waals surface area contributed by atoms with E-state index in [9.17, 15) is 0 Å². The molecule has 0 saturated carbocycles. The molecule has 0 N–H and O–H groups in total. The van der Waals surface area contributed by atoms with Crippen LogP contribution in [0.15, 0.2) is 0 Å². The first-order valence-electron chi connectivity index (χ1n) is 1.91. The number of rotatable bonds is 1. The van der Waals surface area contributed by atoms with Gasteiger partial charge in [-0.25, -0.2) is 0 Å². The Labute approximate surface area is 123 Å². The SMILES string of the molecule is CCCC.Cl.Cl.Cl.Cl.Cl.S.[Ta]. The molecule has 0 aliphatic carbocycles. The van der Waals surface area contributed by atoms with Crippen molar-refractivity contribution >= 4 is 75.5 Å². The van der Waals surface area contributed by atoms with Crippen LogP contribution in [0, 0.1) is 0 Å². The summed E-state index contributed by atoms with van der Waals surface area (Å²) in [6, 6.07) is 0. The molecule has 0 nitrogen and oxygen atoms in total. The third-order valence-corrected chi connectivity index (χ3v) is 0.500. The summed E-state index contributed by atoms with van der Waals surface area (Å²) >= 11 is 0. The fraction of sp³-hybridized carbons (Fsp3) is 1.00. The first-order valence-corrected chi connectivity index (χ1v) is 1.91. The molecule has 79 valence electrons. The van der Waals surface area contributed by atoms with Crippen molar-refractivity contribution in [1.29, 1.82) is 0 Å². The Morgan fingerprint density at radius 3 is 0.727 bits per heavy atom. The minimum Gasteiger partial charge on any atom is -0.197 e. The van der Waals surface area contributed by atoms with Crippen LogP contribution in [0.3, 0.4) is 0 Å². The van der Waals surface area contributed by atoms with E-state index in [1.807, 2.05) is 0 Å². The van der Waals surface area contributed by atoms with Crippen LogP contribution in [0.5, 0.6) is 0 Å². The summed E-state index contributed by atoms with van der Waals surface area (Å²) in [5.41, 5.74) is 0. The van der Waals surface area contributed by atoms with E-state index in [4.69, 9.17) is 0 Å². The molecule has 0 fully saturated rings. The Hall–Kier alpha value is 2.54. The molecule has 0 aliphatic rings. The van der Waals surface area contributed by atoms with Gasteiger partial charge in [-0.15, -0.1) is 62.0 Å². The molecule has 0 saturated heterocycles. The van der Waals surface area contributed by atoms with Gasteiger partial charge in [0.05, 0.1) is 0 Å². The van der Waals surface area contributed by atoms with Gasteiger partial charge in [0.15, 0.2) is 0 Å². The van der Waals surface area contributed by atoms with Crippen LogP contribution in [0.1, 0.15) is 26.7 Å². The Kier molecular flexibility index (Phi) is 511. The van der Waals surface area contributed by atoms with Crippen molar-refractivity contribution < 1.29 is 22.4 Å². The molecular weight excluding hydrogens is 438 g/mol. The zero-order chi connectivity index (χ0) is 3.41. The fourth-order valence-corrected chi connectivity index (χ4v) is 0. The largest absolute Gasteiger partial charge is 0.197 e. The van der Waals surface area contributed by atoms with Crippen LogP contribution < -0.4 is 0 Å². The maximum absolute atomic E-state index is 2.18. The second-order valence-corrected chi connectivity index (χ2v) is 1.000. The Morgan fingerprint density at radius 2 is 0.727 bits per heavy atom. The van der Waals surface area contributed by atoms with Gasteiger partial charge in [-0.2, -0.15) is 13.5 Å². The van der Waals surface area contributed by atoms with Crippen molar-refractivity contribution in [2.75, 3.05) is 0 Å². The number of unbranched alkanes of at least 4 members (excludes halogenated alkanes) is 1. The molecule has 0 aromatic heterocycles. The molecule has 0 unspecified atom stereocenters. The molecule has 7 heteroatoms. The maximum Gasteiger partial charge on any atom is 0 e. The smallest absolute Gasteiger partial charge is 0 e. The summed E-state index contributed by atoms with van der Waals surface area (Å²) in [6.45, 7) is 4.36. The van der Waals surface area contributed by atoms with Crippen LogP contribution in [-0.4, -0.2) is 0 Å². The van der Waals surface area contributed by atoms with Gasteiger partial charge < -0.3 is 0 Å². The average Bonchev–Trinajstić information content (AvgIpc) is 1.37. The molecule has 0 atom stereocenters. The molecular formula is C4H17Cl5STa. The van der Waals surface area contributed by atoms with Gasteiger partial charge in [0.2, 0.25) is 0 Å². The molecule has 11 heavy (non-hydrogen) atoms. The van der Waals surface area contributed by atoms with Gasteiger partial charge >= 0.3 is 0 Å². The molecule has 0 amide bonds. The normalized spacial score (nSPS) is 2.73. The first kappa shape index (κ1) is 69.4. The van der Waals surface area contributed by atoms with Gasteiger partial charge in [-0.05, 0) is 0 Å². The molecule has 0 aliphatic heterocycles. The van der Waals surface area contributed by atoms with Crippen molar-refractivity contribution in [2.45, 2.75) is 26.7 Å². The zero-order valence-corrected chi connectivity index (χ0v) is 14.7. The minimum absolute atomic E-state index is 0. The monoisotopic (exact) mass is 453 g/mol. The van der Waals surface area contributed by atoms with Crippen molar-refractivity contribution in [3.05, 3.63) is 0 Å². The van der Waals surface area contributed by atoms with Gasteiger partial charge in [0, 0.05) is 22.4 Å². The van der Waals surface area contributed by atoms with Crippen LogP contribution in [0.2, 0.25) is 0 Å². The van der Waals surface area contributed by atoms with E-state index in [1.165, 1.54) is 12.8 Å². The van der Waals surface area contributed by atoms with Crippen LogP contribution in [-0.2, 0) is 22.4 Å². The third kappa shape index (κ3) is 111. The predicted molar refractivity (Wildman–Crippen MR) is 67.2 cm³/mol. The molecule has 0 rings (SSSR count). The number of hydrogen-bond acceptors (Lipinski definition) is 0. The average molecular weight is 455 g/mol. The fourth-order valence-electron chi connectivity index (χ4n) is 0. The van der Waals surface area contributed by atoms with Gasteiger partial charge in [0.1, 0.15) is 0 Å². The van der Waals surface area contributed by atoms with Crippen molar-refractivity contribution in [3.63, 3.8) is 0 Å². The topological polar surface area (TPSA) is 0 Å². The van der Waals surface area contributed by atoms with Crippen molar-refractivity contribution in [3.8, 4) is 0 Å². The van der Waals surface area contributed by atoms with Gasteiger partial charge in [0.25, 0.3) is 0 Å². The van der Waals surface area contributed by atoms with Crippen LogP contribution >= 0.6 is 75.5 Å². The van der Waals surface area contributed by atoms with E-state index in [2.05, 4.69) is 13.8 Å². The third-order valence-electron chi connectivity index (χ3n) is 0.500. The van der Waals surface area contributed by atoms with E-state index in [-0.39, 0.29) is 97.9 Å². The van der Waals surface area contributed by atoms with E-state index in [0.29, 0.717) is 0 Å². The molecule has 0 aromatic carbocycles. The second kappa shape index (κ2) is 81.0. The minimum atomic E-state index is 0. The summed E-state index contributed by atoms with van der Waals surface area (Å²) in [7, 11) is 0. The zero-order valence-electron chi connectivity index (χ0n) is 6.40. The van der Waals surface area contributed by atoms with E-state index < -0.39 is 0 Å². The van der Waals surface area contributed by atoms with Crippen LogP contribution in [0.25, 0.3) is 0 Å². The van der Waals surface area contributed by atoms with Crippen molar-refractivity contribution in [2.24, 2.45) is 0 Å². The predicted octanol–water partition coefficient (Wildman–Crippen LogP) is 4.03. The summed E-state index contributed by atoms with van der Waals surface area (Å²) in [5, 5.41) is 0. The van der Waals surface area contributed by atoms with E-state index >= 15 is 0 Å². The molecule has 0 spiro atoms. The quantitative estimate of drug-likeness (QED) is 0.560. The van der Waals surface area contributed by atoms with Gasteiger partial charge in [-0.3, -0.25) is 0 Å². The maximum atomic E-state index is 2.18.